The largest absolute Gasteiger partial charge is 0.493 e. The van der Waals surface area contributed by atoms with Crippen LogP contribution in [0.1, 0.15) is 18.4 Å². The molecule has 0 aliphatic carbocycles. The van der Waals surface area contributed by atoms with Crippen LogP contribution in [0.5, 0.6) is 11.5 Å². The Bertz CT molecular complexity index is 696. The van der Waals surface area contributed by atoms with Crippen LogP contribution in [0.15, 0.2) is 48.5 Å². The van der Waals surface area contributed by atoms with Gasteiger partial charge in [0, 0.05) is 18.3 Å². The first kappa shape index (κ1) is 18.5. The summed E-state index contributed by atoms with van der Waals surface area (Å²) < 4.78 is 34.2. The third kappa shape index (κ3) is 5.63. The third-order valence-electron chi connectivity index (χ3n) is 3.57. The fourth-order valence-electron chi connectivity index (χ4n) is 2.26. The van der Waals surface area contributed by atoms with Crippen molar-refractivity contribution in [2.75, 3.05) is 19.0 Å². The van der Waals surface area contributed by atoms with Crippen LogP contribution in [0.3, 0.4) is 0 Å². The number of benzene rings is 2. The lowest BCUT2D eigenvalue weighted by Crippen LogP contribution is -2.31. The highest BCUT2D eigenvalue weighted by molar-refractivity contribution is 5.89. The zero-order chi connectivity index (χ0) is 18.2. The van der Waals surface area contributed by atoms with Crippen molar-refractivity contribution in [3.05, 3.63) is 54.1 Å². The van der Waals surface area contributed by atoms with E-state index in [2.05, 4.69) is 15.4 Å². The van der Waals surface area contributed by atoms with E-state index in [9.17, 15) is 13.6 Å². The smallest absolute Gasteiger partial charge is 0.387 e. The van der Waals surface area contributed by atoms with Crippen LogP contribution in [0.2, 0.25) is 0 Å². The van der Waals surface area contributed by atoms with Crippen LogP contribution < -0.4 is 20.1 Å². The van der Waals surface area contributed by atoms with E-state index in [4.69, 9.17) is 4.74 Å². The van der Waals surface area contributed by atoms with Gasteiger partial charge in [0.1, 0.15) is 0 Å². The van der Waals surface area contributed by atoms with Crippen LogP contribution in [0.25, 0.3) is 0 Å². The first-order chi connectivity index (χ1) is 12.0. The summed E-state index contributed by atoms with van der Waals surface area (Å²) >= 11 is 0. The molecule has 1 atom stereocenters. The maximum atomic E-state index is 12.4. The van der Waals surface area contributed by atoms with Gasteiger partial charge >= 0.3 is 12.6 Å². The molecular formula is C18H20F2N2O3. The second-order valence-electron chi connectivity index (χ2n) is 5.39. The molecule has 2 aromatic rings. The summed E-state index contributed by atoms with van der Waals surface area (Å²) in [5, 5.41) is 5.33. The Hall–Kier alpha value is -2.83. The highest BCUT2D eigenvalue weighted by atomic mass is 19.3. The molecule has 0 unspecified atom stereocenters. The number of hydrogen-bond acceptors (Lipinski definition) is 3. The van der Waals surface area contributed by atoms with Gasteiger partial charge in [-0.2, -0.15) is 8.78 Å². The molecule has 0 aliphatic rings. The number of urea groups is 1. The van der Waals surface area contributed by atoms with Gasteiger partial charge in [-0.05, 0) is 23.6 Å². The van der Waals surface area contributed by atoms with E-state index in [0.29, 0.717) is 12.2 Å². The van der Waals surface area contributed by atoms with E-state index in [1.165, 1.54) is 25.3 Å². The number of rotatable bonds is 7. The van der Waals surface area contributed by atoms with Crippen molar-refractivity contribution in [1.29, 1.82) is 0 Å². The molecule has 0 radical (unpaired) electrons. The monoisotopic (exact) mass is 350 g/mol. The average molecular weight is 350 g/mol. The van der Waals surface area contributed by atoms with Crippen molar-refractivity contribution in [2.24, 2.45) is 0 Å². The van der Waals surface area contributed by atoms with E-state index >= 15 is 0 Å². The van der Waals surface area contributed by atoms with E-state index in [1.807, 2.05) is 37.3 Å². The number of halogens is 2. The first-order valence-electron chi connectivity index (χ1n) is 7.72. The van der Waals surface area contributed by atoms with Crippen molar-refractivity contribution >= 4 is 11.7 Å². The molecule has 2 amide bonds. The summed E-state index contributed by atoms with van der Waals surface area (Å²) in [5.74, 6) is 0.150. The van der Waals surface area contributed by atoms with Gasteiger partial charge in [0.05, 0.1) is 7.11 Å². The SMILES string of the molecule is COc1ccc(NC(=O)NC[C@H](C)c2ccccc2)cc1OC(F)F. The summed E-state index contributed by atoms with van der Waals surface area (Å²) in [7, 11) is 1.35. The second-order valence-corrected chi connectivity index (χ2v) is 5.39. The molecule has 0 aromatic heterocycles. The molecule has 0 saturated heterocycles. The Morgan fingerprint density at radius 2 is 1.84 bits per heavy atom. The van der Waals surface area contributed by atoms with Gasteiger partial charge in [0.2, 0.25) is 0 Å². The number of methoxy groups -OCH3 is 1. The summed E-state index contributed by atoms with van der Waals surface area (Å²) in [6.07, 6.45) is 0. The molecule has 0 spiro atoms. The predicted molar refractivity (Wildman–Crippen MR) is 91.5 cm³/mol. The van der Waals surface area contributed by atoms with Gasteiger partial charge in [-0.15, -0.1) is 0 Å². The standard InChI is InChI=1S/C18H20F2N2O3/c1-12(13-6-4-3-5-7-13)11-21-18(23)22-14-8-9-15(24-2)16(10-14)25-17(19)20/h3-10,12,17H,11H2,1-2H3,(H2,21,22,23)/t12-/m0/s1. The molecule has 5 nitrogen and oxygen atoms in total. The molecule has 7 heteroatoms. The molecule has 2 N–H and O–H groups in total. The van der Waals surface area contributed by atoms with E-state index < -0.39 is 12.6 Å². The fourth-order valence-corrected chi connectivity index (χ4v) is 2.26. The van der Waals surface area contributed by atoms with Crippen LogP contribution in [0.4, 0.5) is 19.3 Å². The van der Waals surface area contributed by atoms with Crippen molar-refractivity contribution in [3.63, 3.8) is 0 Å². The molecule has 134 valence electrons. The minimum absolute atomic E-state index is 0.139. The summed E-state index contributed by atoms with van der Waals surface area (Å²) in [5.41, 5.74) is 1.43. The fraction of sp³-hybridized carbons (Fsp3) is 0.278. The average Bonchev–Trinajstić information content (AvgIpc) is 2.60. The van der Waals surface area contributed by atoms with Crippen LogP contribution in [0, 0.1) is 0 Å². The zero-order valence-corrected chi connectivity index (χ0v) is 14.0. The lowest BCUT2D eigenvalue weighted by Gasteiger charge is -2.15. The molecule has 0 bridgehead atoms. The van der Waals surface area contributed by atoms with Crippen molar-refractivity contribution in [1.82, 2.24) is 5.32 Å². The van der Waals surface area contributed by atoms with E-state index in [1.54, 1.807) is 0 Å². The Labute approximate surface area is 144 Å². The Morgan fingerprint density at radius 3 is 2.48 bits per heavy atom. The maximum Gasteiger partial charge on any atom is 0.387 e. The number of alkyl halides is 2. The maximum absolute atomic E-state index is 12.4. The molecule has 25 heavy (non-hydrogen) atoms. The molecular weight excluding hydrogens is 330 g/mol. The van der Waals surface area contributed by atoms with Crippen molar-refractivity contribution in [3.8, 4) is 11.5 Å². The number of carbonyl (C=O) groups is 1. The number of amides is 2. The molecule has 2 rings (SSSR count). The quantitative estimate of drug-likeness (QED) is 0.786. The van der Waals surface area contributed by atoms with Gasteiger partial charge in [-0.3, -0.25) is 0 Å². The lowest BCUT2D eigenvalue weighted by atomic mass is 10.0. The number of carbonyl (C=O) groups excluding carboxylic acids is 1. The number of anilines is 1. The third-order valence-corrected chi connectivity index (χ3v) is 3.57. The zero-order valence-electron chi connectivity index (χ0n) is 14.0. The van der Waals surface area contributed by atoms with Crippen LogP contribution in [-0.2, 0) is 0 Å². The highest BCUT2D eigenvalue weighted by Crippen LogP contribution is 2.31. The molecule has 0 saturated carbocycles. The first-order valence-corrected chi connectivity index (χ1v) is 7.72. The minimum atomic E-state index is -2.98. The van der Waals surface area contributed by atoms with Crippen molar-refractivity contribution in [2.45, 2.75) is 19.5 Å². The van der Waals surface area contributed by atoms with Gasteiger partial charge < -0.3 is 20.1 Å². The summed E-state index contributed by atoms with van der Waals surface area (Å²) in [6, 6.07) is 13.6. The minimum Gasteiger partial charge on any atom is -0.493 e. The Kier molecular flexibility index (Phi) is 6.56. The molecule has 0 heterocycles. The van der Waals surface area contributed by atoms with Gasteiger partial charge in [-0.25, -0.2) is 4.79 Å². The summed E-state index contributed by atoms with van der Waals surface area (Å²) in [4.78, 5) is 12.0. The van der Waals surface area contributed by atoms with Gasteiger partial charge in [0.15, 0.2) is 11.5 Å². The van der Waals surface area contributed by atoms with E-state index in [0.717, 1.165) is 5.56 Å². The number of hydrogen-bond donors (Lipinski definition) is 2. The Balaban J connectivity index is 1.93. The predicted octanol–water partition coefficient (Wildman–Crippen LogP) is 4.22. The molecule has 2 aromatic carbocycles. The Morgan fingerprint density at radius 1 is 1.12 bits per heavy atom. The molecule has 0 aliphatic heterocycles. The van der Waals surface area contributed by atoms with E-state index in [-0.39, 0.29) is 17.4 Å². The topological polar surface area (TPSA) is 59.6 Å². The van der Waals surface area contributed by atoms with Crippen LogP contribution in [-0.4, -0.2) is 26.3 Å². The number of ether oxygens (including phenoxy) is 2. The lowest BCUT2D eigenvalue weighted by molar-refractivity contribution is -0.0511. The van der Waals surface area contributed by atoms with Crippen LogP contribution >= 0.6 is 0 Å². The van der Waals surface area contributed by atoms with Gasteiger partial charge in [0.25, 0.3) is 0 Å². The normalized spacial score (nSPS) is 11.7. The second kappa shape index (κ2) is 8.86. The number of nitrogens with one attached hydrogen (secondary N) is 2. The van der Waals surface area contributed by atoms with Gasteiger partial charge in [-0.1, -0.05) is 37.3 Å². The summed E-state index contributed by atoms with van der Waals surface area (Å²) in [6.45, 7) is -0.547. The molecule has 0 fully saturated rings. The van der Waals surface area contributed by atoms with Crippen molar-refractivity contribution < 1.29 is 23.0 Å². The highest BCUT2D eigenvalue weighted by Gasteiger charge is 2.13.